The summed E-state index contributed by atoms with van der Waals surface area (Å²) < 4.78 is 2.13. The van der Waals surface area contributed by atoms with E-state index < -0.39 is 0 Å². The lowest BCUT2D eigenvalue weighted by Gasteiger charge is -2.31. The zero-order valence-corrected chi connectivity index (χ0v) is 17.2. The molecule has 0 unspecified atom stereocenters. The van der Waals surface area contributed by atoms with Gasteiger partial charge in [-0.05, 0) is 49.7 Å². The molecule has 1 amide bonds. The summed E-state index contributed by atoms with van der Waals surface area (Å²) in [5.41, 5.74) is 2.69. The molecule has 5 nitrogen and oxygen atoms in total. The second-order valence-electron chi connectivity index (χ2n) is 7.26. The number of piperidine rings is 1. The summed E-state index contributed by atoms with van der Waals surface area (Å²) in [4.78, 5) is 19.8. The van der Waals surface area contributed by atoms with Crippen molar-refractivity contribution in [3.63, 3.8) is 0 Å². The Kier molecular flexibility index (Phi) is 5.58. The van der Waals surface area contributed by atoms with Gasteiger partial charge in [0.15, 0.2) is 0 Å². The van der Waals surface area contributed by atoms with E-state index in [1.165, 1.54) is 0 Å². The standard InChI is InChI=1S/C21H22Cl2N4O/c1-26-19-7-3-2-6-17(19)24-20(26)13-27-10-4-5-14(12-27)21(28)25-18-11-15(22)8-9-16(18)23/h2-3,6-9,11,14H,4-5,10,12-13H2,1H3,(H,25,28)/t14-/m0/s1. The van der Waals surface area contributed by atoms with Gasteiger partial charge in [-0.25, -0.2) is 4.98 Å². The molecule has 0 aliphatic carbocycles. The topological polar surface area (TPSA) is 50.2 Å². The first-order valence-electron chi connectivity index (χ1n) is 9.40. The van der Waals surface area contributed by atoms with Gasteiger partial charge in [0.05, 0.1) is 34.2 Å². The number of nitrogens with one attached hydrogen (secondary N) is 1. The molecule has 4 rings (SSSR count). The quantitative estimate of drug-likeness (QED) is 0.668. The van der Waals surface area contributed by atoms with Crippen molar-refractivity contribution in [2.24, 2.45) is 13.0 Å². The monoisotopic (exact) mass is 416 g/mol. The molecule has 0 saturated carbocycles. The van der Waals surface area contributed by atoms with Gasteiger partial charge in [0.1, 0.15) is 5.82 Å². The van der Waals surface area contributed by atoms with Crippen LogP contribution >= 0.6 is 23.2 Å². The van der Waals surface area contributed by atoms with Crippen LogP contribution in [-0.2, 0) is 18.4 Å². The number of carbonyl (C=O) groups is 1. The Morgan fingerprint density at radius 2 is 2.07 bits per heavy atom. The molecule has 1 N–H and O–H groups in total. The molecule has 146 valence electrons. The summed E-state index contributed by atoms with van der Waals surface area (Å²) in [6, 6.07) is 13.2. The summed E-state index contributed by atoms with van der Waals surface area (Å²) in [6.07, 6.45) is 1.84. The van der Waals surface area contributed by atoms with Gasteiger partial charge in [-0.1, -0.05) is 35.3 Å². The molecule has 1 aliphatic heterocycles. The van der Waals surface area contributed by atoms with E-state index in [1.807, 2.05) is 25.2 Å². The number of benzene rings is 2. The molecule has 2 heterocycles. The minimum absolute atomic E-state index is 0.0149. The predicted molar refractivity (Wildman–Crippen MR) is 114 cm³/mol. The molecule has 1 aromatic heterocycles. The number of rotatable bonds is 4. The first kappa shape index (κ1) is 19.2. The zero-order chi connectivity index (χ0) is 19.7. The summed E-state index contributed by atoms with van der Waals surface area (Å²) in [5, 5.41) is 3.97. The molecule has 0 bridgehead atoms. The van der Waals surface area contributed by atoms with Crippen molar-refractivity contribution in [1.82, 2.24) is 14.5 Å². The van der Waals surface area contributed by atoms with Gasteiger partial charge in [-0.15, -0.1) is 0 Å². The van der Waals surface area contributed by atoms with E-state index in [9.17, 15) is 4.79 Å². The highest BCUT2D eigenvalue weighted by Crippen LogP contribution is 2.27. The number of imidazole rings is 1. The molecule has 2 aromatic carbocycles. The highest BCUT2D eigenvalue weighted by Gasteiger charge is 2.27. The number of hydrogen-bond acceptors (Lipinski definition) is 3. The SMILES string of the molecule is Cn1c(CN2CCC[C@H](C(=O)Nc3cc(Cl)ccc3Cl)C2)nc2ccccc21. The van der Waals surface area contributed by atoms with Gasteiger partial charge in [0, 0.05) is 18.6 Å². The number of aryl methyl sites for hydroxylation is 1. The number of nitrogens with zero attached hydrogens (tertiary/aromatic N) is 3. The lowest BCUT2D eigenvalue weighted by molar-refractivity contribution is -0.121. The first-order valence-corrected chi connectivity index (χ1v) is 10.2. The van der Waals surface area contributed by atoms with Gasteiger partial charge in [-0.3, -0.25) is 9.69 Å². The number of carbonyl (C=O) groups excluding carboxylic acids is 1. The van der Waals surface area contributed by atoms with Crippen molar-refractivity contribution < 1.29 is 4.79 Å². The normalized spacial score (nSPS) is 17.8. The molecule has 0 spiro atoms. The third-order valence-corrected chi connectivity index (χ3v) is 5.87. The largest absolute Gasteiger partial charge is 0.330 e. The van der Waals surface area contributed by atoms with E-state index in [2.05, 4.69) is 20.9 Å². The number of anilines is 1. The fourth-order valence-electron chi connectivity index (χ4n) is 3.78. The predicted octanol–water partition coefficient (Wildman–Crippen LogP) is 4.73. The Balaban J connectivity index is 1.44. The minimum atomic E-state index is -0.0847. The van der Waals surface area contributed by atoms with E-state index >= 15 is 0 Å². The van der Waals surface area contributed by atoms with Gasteiger partial charge < -0.3 is 9.88 Å². The Morgan fingerprint density at radius 3 is 2.89 bits per heavy atom. The van der Waals surface area contributed by atoms with E-state index in [4.69, 9.17) is 28.2 Å². The Hall–Kier alpha value is -2.08. The maximum absolute atomic E-state index is 12.8. The first-order chi connectivity index (χ1) is 13.5. The van der Waals surface area contributed by atoms with E-state index in [0.717, 1.165) is 42.8 Å². The summed E-state index contributed by atoms with van der Waals surface area (Å²) in [7, 11) is 2.04. The van der Waals surface area contributed by atoms with Crippen molar-refractivity contribution in [2.75, 3.05) is 18.4 Å². The molecule has 1 saturated heterocycles. The van der Waals surface area contributed by atoms with Gasteiger partial charge in [0.25, 0.3) is 0 Å². The van der Waals surface area contributed by atoms with Crippen molar-refractivity contribution >= 4 is 45.8 Å². The average Bonchev–Trinajstić information content (AvgIpc) is 3.01. The summed E-state index contributed by atoms with van der Waals surface area (Å²) >= 11 is 12.2. The van der Waals surface area contributed by atoms with Crippen LogP contribution in [0.5, 0.6) is 0 Å². The van der Waals surface area contributed by atoms with Crippen LogP contribution in [-0.4, -0.2) is 33.4 Å². The zero-order valence-electron chi connectivity index (χ0n) is 15.7. The molecule has 0 radical (unpaired) electrons. The van der Waals surface area contributed by atoms with Crippen molar-refractivity contribution in [1.29, 1.82) is 0 Å². The van der Waals surface area contributed by atoms with E-state index in [1.54, 1.807) is 18.2 Å². The average molecular weight is 417 g/mol. The number of amides is 1. The van der Waals surface area contributed by atoms with Gasteiger partial charge in [-0.2, -0.15) is 0 Å². The highest BCUT2D eigenvalue weighted by atomic mass is 35.5. The van der Waals surface area contributed by atoms with Crippen molar-refractivity contribution in [3.8, 4) is 0 Å². The van der Waals surface area contributed by atoms with Crippen LogP contribution in [0, 0.1) is 5.92 Å². The molecule has 1 atom stereocenters. The maximum Gasteiger partial charge on any atom is 0.228 e. The van der Waals surface area contributed by atoms with Crippen LogP contribution < -0.4 is 5.32 Å². The highest BCUT2D eigenvalue weighted by molar-refractivity contribution is 6.35. The fourth-order valence-corrected chi connectivity index (χ4v) is 4.11. The fraction of sp³-hybridized carbons (Fsp3) is 0.333. The molecule has 3 aromatic rings. The van der Waals surface area contributed by atoms with Crippen LogP contribution in [0.1, 0.15) is 18.7 Å². The molecule has 1 aliphatic rings. The number of likely N-dealkylation sites (tertiary alicyclic amines) is 1. The van der Waals surface area contributed by atoms with Gasteiger partial charge >= 0.3 is 0 Å². The third kappa shape index (κ3) is 4.02. The number of hydrogen-bond donors (Lipinski definition) is 1. The van der Waals surface area contributed by atoms with Crippen LogP contribution in [0.25, 0.3) is 11.0 Å². The van der Waals surface area contributed by atoms with Gasteiger partial charge in [0.2, 0.25) is 5.91 Å². The van der Waals surface area contributed by atoms with Crippen LogP contribution in [0.15, 0.2) is 42.5 Å². The number of aromatic nitrogens is 2. The maximum atomic E-state index is 12.8. The number of fused-ring (bicyclic) bond motifs is 1. The molecule has 7 heteroatoms. The van der Waals surface area contributed by atoms with Crippen molar-refractivity contribution in [3.05, 3.63) is 58.3 Å². The molecule has 1 fully saturated rings. The smallest absolute Gasteiger partial charge is 0.228 e. The van der Waals surface area contributed by atoms with Crippen LogP contribution in [0.2, 0.25) is 10.0 Å². The Labute approximate surface area is 174 Å². The van der Waals surface area contributed by atoms with Crippen LogP contribution in [0.3, 0.4) is 0 Å². The van der Waals surface area contributed by atoms with E-state index in [-0.39, 0.29) is 11.8 Å². The molecular weight excluding hydrogens is 395 g/mol. The van der Waals surface area contributed by atoms with Crippen LogP contribution in [0.4, 0.5) is 5.69 Å². The summed E-state index contributed by atoms with van der Waals surface area (Å²) in [5.74, 6) is 0.914. The second-order valence-corrected chi connectivity index (χ2v) is 8.11. The Morgan fingerprint density at radius 1 is 1.25 bits per heavy atom. The van der Waals surface area contributed by atoms with E-state index in [0.29, 0.717) is 22.3 Å². The lowest BCUT2D eigenvalue weighted by Crippen LogP contribution is -2.40. The number of halogens is 2. The molecule has 28 heavy (non-hydrogen) atoms. The van der Waals surface area contributed by atoms with Crippen molar-refractivity contribution in [2.45, 2.75) is 19.4 Å². The number of para-hydroxylation sites is 2. The Bertz CT molecular complexity index is 1020. The summed E-state index contributed by atoms with van der Waals surface area (Å²) in [6.45, 7) is 2.39. The third-order valence-electron chi connectivity index (χ3n) is 5.31. The lowest BCUT2D eigenvalue weighted by atomic mass is 9.97. The molecular formula is C21H22Cl2N4O. The second kappa shape index (κ2) is 8.11. The minimum Gasteiger partial charge on any atom is -0.330 e.